The molecule has 0 bridgehead atoms. The smallest absolute Gasteiger partial charge is 0.398 e. The highest BCUT2D eigenvalue weighted by Gasteiger charge is 2.53. The summed E-state index contributed by atoms with van der Waals surface area (Å²) in [4.78, 5) is 7.90. The number of rotatable bonds is 3. The SMILES string of the molecule is CC1(C)OB(C(F)=Cc2cc(F)ccc2-c2cncnc2)OC1(C)C. The zero-order chi connectivity index (χ0) is 18.2. The Morgan fingerprint density at radius 1 is 1.08 bits per heavy atom. The molecule has 4 nitrogen and oxygen atoms in total. The standard InChI is InChI=1S/C18H19BF2N2O2/c1-17(2)18(3,4)25-19(24-17)16(21)8-12-7-14(20)5-6-15(12)13-9-22-11-23-10-13/h5-11H,1-4H3. The average molecular weight is 344 g/mol. The van der Waals surface area contributed by atoms with Crippen LogP contribution in [-0.4, -0.2) is 28.3 Å². The molecule has 130 valence electrons. The summed E-state index contributed by atoms with van der Waals surface area (Å²) in [7, 11) is -1.13. The molecule has 25 heavy (non-hydrogen) atoms. The first-order valence-electron chi connectivity index (χ1n) is 7.97. The monoisotopic (exact) mass is 344 g/mol. The molecule has 0 aliphatic carbocycles. The molecule has 0 atom stereocenters. The van der Waals surface area contributed by atoms with Gasteiger partial charge in [-0.2, -0.15) is 0 Å². The minimum Gasteiger partial charge on any atom is -0.398 e. The molecule has 1 aromatic carbocycles. The Morgan fingerprint density at radius 3 is 2.28 bits per heavy atom. The highest BCUT2D eigenvalue weighted by atomic mass is 19.1. The van der Waals surface area contributed by atoms with Crippen LogP contribution < -0.4 is 0 Å². The summed E-state index contributed by atoms with van der Waals surface area (Å²) in [6.45, 7) is 7.37. The van der Waals surface area contributed by atoms with E-state index in [9.17, 15) is 8.78 Å². The van der Waals surface area contributed by atoms with Crippen LogP contribution in [0.15, 0.2) is 42.6 Å². The lowest BCUT2D eigenvalue weighted by molar-refractivity contribution is 0.00578. The molecule has 0 amide bonds. The molecule has 2 heterocycles. The lowest BCUT2D eigenvalue weighted by atomic mass is 9.86. The van der Waals surface area contributed by atoms with Gasteiger partial charge in [-0.25, -0.2) is 18.7 Å². The lowest BCUT2D eigenvalue weighted by Gasteiger charge is -2.32. The van der Waals surface area contributed by atoms with E-state index in [1.165, 1.54) is 24.5 Å². The Bertz CT molecular complexity index is 794. The first-order chi connectivity index (χ1) is 11.7. The molecule has 1 aliphatic heterocycles. The molecule has 1 aliphatic rings. The molecule has 0 saturated carbocycles. The van der Waals surface area contributed by atoms with Crippen LogP contribution in [0.25, 0.3) is 17.2 Å². The van der Waals surface area contributed by atoms with Gasteiger partial charge in [-0.15, -0.1) is 0 Å². The summed E-state index contributed by atoms with van der Waals surface area (Å²) < 4.78 is 39.8. The van der Waals surface area contributed by atoms with Crippen LogP contribution in [0, 0.1) is 5.82 Å². The van der Waals surface area contributed by atoms with Crippen molar-refractivity contribution < 1.29 is 18.1 Å². The second kappa shape index (κ2) is 6.31. The van der Waals surface area contributed by atoms with Gasteiger partial charge in [-0.05, 0) is 57.0 Å². The summed E-state index contributed by atoms with van der Waals surface area (Å²) in [5, 5.41) is 0. The quantitative estimate of drug-likeness (QED) is 0.782. The largest absolute Gasteiger partial charge is 0.525 e. The summed E-state index contributed by atoms with van der Waals surface area (Å²) >= 11 is 0. The van der Waals surface area contributed by atoms with Gasteiger partial charge in [0, 0.05) is 18.0 Å². The minimum absolute atomic E-state index is 0.363. The van der Waals surface area contributed by atoms with Gasteiger partial charge in [0.25, 0.3) is 0 Å². The van der Waals surface area contributed by atoms with Crippen molar-refractivity contribution in [3.8, 4) is 11.1 Å². The van der Waals surface area contributed by atoms with Gasteiger partial charge in [0.2, 0.25) is 0 Å². The van der Waals surface area contributed by atoms with Crippen LogP contribution in [0.1, 0.15) is 33.3 Å². The van der Waals surface area contributed by atoms with E-state index in [1.54, 1.807) is 18.5 Å². The first-order valence-corrected chi connectivity index (χ1v) is 7.97. The molecule has 7 heteroatoms. The van der Waals surface area contributed by atoms with E-state index in [0.29, 0.717) is 16.7 Å². The van der Waals surface area contributed by atoms with Gasteiger partial charge >= 0.3 is 7.12 Å². The second-order valence-electron chi connectivity index (χ2n) is 6.98. The number of benzene rings is 1. The maximum Gasteiger partial charge on any atom is 0.525 e. The topological polar surface area (TPSA) is 44.2 Å². The van der Waals surface area contributed by atoms with Crippen molar-refractivity contribution in [1.82, 2.24) is 9.97 Å². The predicted molar refractivity (Wildman–Crippen MR) is 92.6 cm³/mol. The Morgan fingerprint density at radius 2 is 1.68 bits per heavy atom. The Balaban J connectivity index is 1.97. The van der Waals surface area contributed by atoms with E-state index >= 15 is 0 Å². The zero-order valence-corrected chi connectivity index (χ0v) is 14.6. The maximum absolute atomic E-state index is 14.8. The molecule has 0 N–H and O–H groups in total. The van der Waals surface area contributed by atoms with Crippen molar-refractivity contribution in [3.63, 3.8) is 0 Å². The van der Waals surface area contributed by atoms with E-state index in [4.69, 9.17) is 9.31 Å². The van der Waals surface area contributed by atoms with Gasteiger partial charge in [0.05, 0.1) is 11.2 Å². The number of hydrogen-bond donors (Lipinski definition) is 0. The summed E-state index contributed by atoms with van der Waals surface area (Å²) in [5.74, 6) is -0.464. The van der Waals surface area contributed by atoms with Crippen LogP contribution >= 0.6 is 0 Å². The number of nitrogens with zero attached hydrogens (tertiary/aromatic N) is 2. The average Bonchev–Trinajstić information content (AvgIpc) is 2.76. The van der Waals surface area contributed by atoms with Crippen LogP contribution in [0.5, 0.6) is 0 Å². The van der Waals surface area contributed by atoms with Gasteiger partial charge in [0.1, 0.15) is 17.9 Å². The van der Waals surface area contributed by atoms with Crippen molar-refractivity contribution in [2.24, 2.45) is 0 Å². The fourth-order valence-electron chi connectivity index (χ4n) is 2.53. The van der Waals surface area contributed by atoms with Crippen LogP contribution in [0.3, 0.4) is 0 Å². The minimum atomic E-state index is -1.13. The molecule has 1 saturated heterocycles. The lowest BCUT2D eigenvalue weighted by Crippen LogP contribution is -2.41. The van der Waals surface area contributed by atoms with Crippen molar-refractivity contribution in [2.45, 2.75) is 38.9 Å². The Hall–Kier alpha value is -2.12. The third kappa shape index (κ3) is 3.48. The second-order valence-corrected chi connectivity index (χ2v) is 6.98. The molecular formula is C18H19BF2N2O2. The molecular weight excluding hydrogens is 325 g/mol. The van der Waals surface area contributed by atoms with E-state index in [2.05, 4.69) is 9.97 Å². The Kier molecular flexibility index (Phi) is 4.47. The van der Waals surface area contributed by atoms with Gasteiger partial charge in [-0.1, -0.05) is 6.07 Å². The molecule has 0 unspecified atom stereocenters. The maximum atomic E-state index is 14.8. The van der Waals surface area contributed by atoms with Crippen molar-refractivity contribution >= 4 is 13.2 Å². The van der Waals surface area contributed by atoms with Crippen LogP contribution in [-0.2, 0) is 9.31 Å². The van der Waals surface area contributed by atoms with E-state index in [-0.39, 0.29) is 0 Å². The Labute approximate surface area is 146 Å². The van der Waals surface area contributed by atoms with E-state index in [1.807, 2.05) is 27.7 Å². The third-order valence-electron chi connectivity index (χ3n) is 4.66. The molecule has 1 fully saturated rings. The number of halogens is 2. The van der Waals surface area contributed by atoms with Gasteiger partial charge in [-0.3, -0.25) is 0 Å². The van der Waals surface area contributed by atoms with Gasteiger partial charge < -0.3 is 9.31 Å². The number of aromatic nitrogens is 2. The highest BCUT2D eigenvalue weighted by Crippen LogP contribution is 2.39. The fourth-order valence-corrected chi connectivity index (χ4v) is 2.53. The highest BCUT2D eigenvalue weighted by molar-refractivity contribution is 6.54. The van der Waals surface area contributed by atoms with Gasteiger partial charge in [0.15, 0.2) is 0 Å². The summed E-state index contributed by atoms with van der Waals surface area (Å²) in [6.07, 6.45) is 5.80. The molecule has 3 rings (SSSR count). The first kappa shape index (κ1) is 17.7. The van der Waals surface area contributed by atoms with E-state index < -0.39 is 29.9 Å². The fraction of sp³-hybridized carbons (Fsp3) is 0.333. The third-order valence-corrected chi connectivity index (χ3v) is 4.66. The molecule has 0 spiro atoms. The van der Waals surface area contributed by atoms with E-state index in [0.717, 1.165) is 0 Å². The molecule has 1 aromatic heterocycles. The van der Waals surface area contributed by atoms with Crippen molar-refractivity contribution in [3.05, 3.63) is 54.0 Å². The van der Waals surface area contributed by atoms with Crippen molar-refractivity contribution in [1.29, 1.82) is 0 Å². The number of hydrogen-bond acceptors (Lipinski definition) is 4. The van der Waals surface area contributed by atoms with Crippen molar-refractivity contribution in [2.75, 3.05) is 0 Å². The molecule has 0 radical (unpaired) electrons. The molecule has 2 aromatic rings. The summed E-state index contributed by atoms with van der Waals surface area (Å²) in [6, 6.07) is 4.14. The zero-order valence-electron chi connectivity index (χ0n) is 14.6. The normalized spacial score (nSPS) is 19.3. The van der Waals surface area contributed by atoms with Crippen LogP contribution in [0.4, 0.5) is 8.78 Å². The predicted octanol–water partition coefficient (Wildman–Crippen LogP) is 4.22. The summed E-state index contributed by atoms with van der Waals surface area (Å²) in [5.41, 5.74) is -0.282. The van der Waals surface area contributed by atoms with Crippen LogP contribution in [0.2, 0.25) is 0 Å².